The van der Waals surface area contributed by atoms with Gasteiger partial charge in [0.15, 0.2) is 0 Å². The summed E-state index contributed by atoms with van der Waals surface area (Å²) < 4.78 is 16.9. The Kier molecular flexibility index (Phi) is 8.40. The van der Waals surface area contributed by atoms with Crippen molar-refractivity contribution in [2.24, 2.45) is 0 Å². The van der Waals surface area contributed by atoms with Crippen molar-refractivity contribution >= 4 is 0 Å². The second-order valence-electron chi connectivity index (χ2n) is 6.41. The quantitative estimate of drug-likeness (QED) is 0.724. The van der Waals surface area contributed by atoms with Crippen molar-refractivity contribution in [1.29, 1.82) is 0 Å². The van der Waals surface area contributed by atoms with Crippen LogP contribution in [0.5, 0.6) is 0 Å². The molecule has 6 nitrogen and oxygen atoms in total. The average Bonchev–Trinajstić information content (AvgIpc) is 3.03. The van der Waals surface area contributed by atoms with E-state index in [-0.39, 0.29) is 10.8 Å². The average molecular weight is 329 g/mol. The fourth-order valence-corrected chi connectivity index (χ4v) is 1.27. The molecule has 0 saturated carbocycles. The van der Waals surface area contributed by atoms with Gasteiger partial charge < -0.3 is 20.4 Å². The van der Waals surface area contributed by atoms with E-state index in [4.69, 9.17) is 7.71 Å². The molecule has 0 aliphatic rings. The third-order valence-electron chi connectivity index (χ3n) is 2.47. The Morgan fingerprint density at radius 3 is 1.29 bits per heavy atom. The van der Waals surface area contributed by atoms with Gasteiger partial charge in [0.05, 0.1) is 0 Å². The monoisotopic (exact) mass is 329 g/mol. The van der Waals surface area contributed by atoms with Crippen molar-refractivity contribution in [1.82, 2.24) is 20.4 Å². The summed E-state index contributed by atoms with van der Waals surface area (Å²) in [5.41, 5.74) is 2.41. The van der Waals surface area contributed by atoms with Crippen LogP contribution in [0.25, 0.3) is 0 Å². The summed E-state index contributed by atoms with van der Waals surface area (Å²) in [7, 11) is 0. The van der Waals surface area contributed by atoms with E-state index >= 15 is 0 Å². The number of rotatable bonds is 0. The standard InChI is InChI=1S/2C7H11N2.2O.V/c2*1-7(2,3)6-4-5-8-9-6;;;/h2*4-5H,1-3H3;;;/q2*-1;;-1;. The molecule has 0 unspecified atom stereocenters. The first-order valence-electron chi connectivity index (χ1n) is 6.47. The molecule has 0 radical (unpaired) electrons. The number of aromatic nitrogens is 4. The minimum atomic E-state index is -1.81. The Morgan fingerprint density at radius 2 is 1.19 bits per heavy atom. The fourth-order valence-electron chi connectivity index (χ4n) is 1.27. The Hall–Kier alpha value is -1.24. The molecule has 0 aliphatic carbocycles. The van der Waals surface area contributed by atoms with E-state index in [0.29, 0.717) is 0 Å². The normalized spacial score (nSPS) is 10.8. The maximum atomic E-state index is 8.47. The molecule has 2 heterocycles. The van der Waals surface area contributed by atoms with Gasteiger partial charge in [0.1, 0.15) is 0 Å². The van der Waals surface area contributed by atoms with Crippen LogP contribution in [-0.4, -0.2) is 10.2 Å². The van der Waals surface area contributed by atoms with Crippen molar-refractivity contribution in [3.8, 4) is 0 Å². The molecule has 0 spiro atoms. The van der Waals surface area contributed by atoms with Crippen molar-refractivity contribution in [2.75, 3.05) is 0 Å². The van der Waals surface area contributed by atoms with Gasteiger partial charge in [-0.25, -0.2) is 0 Å². The van der Waals surface area contributed by atoms with Gasteiger partial charge in [-0.05, 0) is 0 Å². The topological polar surface area (TPSA) is 94.1 Å². The summed E-state index contributed by atoms with van der Waals surface area (Å²) in [5, 5.41) is 15.4. The number of hydrogen-bond acceptors (Lipinski definition) is 4. The molecule has 0 aliphatic heterocycles. The van der Waals surface area contributed by atoms with Crippen LogP contribution in [0, 0.1) is 0 Å². The van der Waals surface area contributed by atoms with Crippen LogP contribution in [0.1, 0.15) is 52.9 Å². The first-order valence-corrected chi connectivity index (χ1v) is 7.61. The molecular weight excluding hydrogens is 307 g/mol. The first-order chi connectivity index (χ1) is 9.62. The summed E-state index contributed by atoms with van der Waals surface area (Å²) in [6, 6.07) is 3.89. The van der Waals surface area contributed by atoms with Gasteiger partial charge in [0, 0.05) is 22.2 Å². The van der Waals surface area contributed by atoms with E-state index in [2.05, 4.69) is 61.9 Å². The second kappa shape index (κ2) is 8.92. The molecule has 118 valence electrons. The van der Waals surface area contributed by atoms with Crippen LogP contribution in [-0.2, 0) is 31.1 Å². The van der Waals surface area contributed by atoms with Crippen LogP contribution < -0.4 is 14.2 Å². The van der Waals surface area contributed by atoms with E-state index in [0.717, 1.165) is 11.4 Å². The molecule has 0 N–H and O–H groups in total. The van der Waals surface area contributed by atoms with Crippen LogP contribution in [0.2, 0.25) is 0 Å². The van der Waals surface area contributed by atoms with E-state index in [1.54, 1.807) is 12.4 Å². The Bertz CT molecular complexity index is 438. The van der Waals surface area contributed by atoms with Crippen molar-refractivity contribution in [3.63, 3.8) is 0 Å². The molecule has 0 bridgehead atoms. The van der Waals surface area contributed by atoms with Crippen LogP contribution >= 0.6 is 0 Å². The zero-order valence-corrected chi connectivity index (χ0v) is 14.8. The van der Waals surface area contributed by atoms with Crippen molar-refractivity contribution < 1.29 is 24.3 Å². The first kappa shape index (κ1) is 19.8. The number of hydrogen-bond donors (Lipinski definition) is 0. The molecule has 2 aromatic heterocycles. The SMILES string of the molecule is CC(C)(C)c1cc[n-]n1.CC(C)(C)c1cc[n-]n1.[O]=[V][O-]. The summed E-state index contributed by atoms with van der Waals surface area (Å²) in [6.45, 7) is 12.7. The zero-order chi connectivity index (χ0) is 16.5. The molecular formula is C14H22N4O2V-3. The van der Waals surface area contributed by atoms with Gasteiger partial charge in [0.2, 0.25) is 0 Å². The van der Waals surface area contributed by atoms with Gasteiger partial charge in [-0.3, -0.25) is 0 Å². The van der Waals surface area contributed by atoms with Crippen LogP contribution in [0.15, 0.2) is 24.5 Å². The third kappa shape index (κ3) is 8.60. The van der Waals surface area contributed by atoms with Gasteiger partial charge in [-0.15, -0.1) is 0 Å². The van der Waals surface area contributed by atoms with Crippen LogP contribution in [0.3, 0.4) is 0 Å². The summed E-state index contributed by atoms with van der Waals surface area (Å²) in [6.07, 6.45) is 3.45. The third-order valence-corrected chi connectivity index (χ3v) is 2.47. The van der Waals surface area contributed by atoms with Gasteiger partial charge in [-0.2, -0.15) is 12.4 Å². The maximum absolute atomic E-state index is 8.47. The van der Waals surface area contributed by atoms with Gasteiger partial charge in [0.25, 0.3) is 0 Å². The van der Waals surface area contributed by atoms with Gasteiger partial charge in [-0.1, -0.05) is 53.7 Å². The molecule has 7 heteroatoms. The van der Waals surface area contributed by atoms with Crippen molar-refractivity contribution in [3.05, 3.63) is 35.9 Å². The Labute approximate surface area is 133 Å². The minimum absolute atomic E-state index is 0.149. The molecule has 0 aromatic carbocycles. The zero-order valence-electron chi connectivity index (χ0n) is 13.4. The fraction of sp³-hybridized carbons (Fsp3) is 0.571. The summed E-state index contributed by atoms with van der Waals surface area (Å²) in [5.74, 6) is 0. The second-order valence-corrected chi connectivity index (χ2v) is 6.64. The molecule has 0 fully saturated rings. The predicted molar refractivity (Wildman–Crippen MR) is 73.2 cm³/mol. The summed E-state index contributed by atoms with van der Waals surface area (Å²) >= 11 is -1.81. The molecule has 21 heavy (non-hydrogen) atoms. The van der Waals surface area contributed by atoms with E-state index < -0.39 is 16.6 Å². The van der Waals surface area contributed by atoms with E-state index in [1.165, 1.54) is 0 Å². The molecule has 0 saturated heterocycles. The molecule has 2 aromatic rings. The number of nitrogens with zero attached hydrogens (tertiary/aromatic N) is 4. The predicted octanol–water partition coefficient (Wildman–Crippen LogP) is 1.36. The van der Waals surface area contributed by atoms with Gasteiger partial charge >= 0.3 is 24.3 Å². The molecule has 0 atom stereocenters. The van der Waals surface area contributed by atoms with E-state index in [9.17, 15) is 0 Å². The Balaban J connectivity index is 0.000000322. The molecule has 0 amide bonds. The Morgan fingerprint density at radius 1 is 0.905 bits per heavy atom. The van der Waals surface area contributed by atoms with E-state index in [1.807, 2.05) is 12.1 Å². The summed E-state index contributed by atoms with van der Waals surface area (Å²) in [4.78, 5) is 0. The molecule has 2 rings (SSSR count). The van der Waals surface area contributed by atoms with Crippen LogP contribution in [0.4, 0.5) is 0 Å². The van der Waals surface area contributed by atoms with Crippen molar-refractivity contribution in [2.45, 2.75) is 52.4 Å².